The van der Waals surface area contributed by atoms with E-state index in [1.807, 2.05) is 0 Å². The van der Waals surface area contributed by atoms with Crippen LogP contribution in [-0.2, 0) is 19.8 Å². The molecular formula is C4H6KNO5S. The third kappa shape index (κ3) is 2.48. The van der Waals surface area contributed by atoms with Gasteiger partial charge in [0.2, 0.25) is 0 Å². The molecule has 6 nitrogen and oxygen atoms in total. The summed E-state index contributed by atoms with van der Waals surface area (Å²) in [4.78, 5) is 10.7. The number of β-lactam (4-membered cyclic amide) rings is 1. The molecule has 1 unspecified atom stereocenters. The van der Waals surface area contributed by atoms with Crippen LogP contribution in [-0.4, -0.2) is 42.9 Å². The second-order valence-electron chi connectivity index (χ2n) is 2.05. The molecule has 12 heavy (non-hydrogen) atoms. The normalized spacial score (nSPS) is 23.0. The van der Waals surface area contributed by atoms with Gasteiger partial charge in [-0.05, 0) is 0 Å². The number of amides is 1. The zero-order valence-corrected chi connectivity index (χ0v) is 10.6. The molecule has 1 atom stereocenters. The fraction of sp³-hybridized carbons (Fsp3) is 0.750. The molecule has 1 amide bonds. The Morgan fingerprint density at radius 1 is 1.67 bits per heavy atom. The van der Waals surface area contributed by atoms with Crippen LogP contribution in [0.1, 0.15) is 0 Å². The van der Waals surface area contributed by atoms with E-state index in [4.69, 9.17) is 0 Å². The minimum Gasteiger partial charge on any atom is -0.731 e. The minimum atomic E-state index is -4.60. The molecule has 1 fully saturated rings. The van der Waals surface area contributed by atoms with Crippen molar-refractivity contribution in [1.29, 1.82) is 0 Å². The Hall–Kier alpha value is 0.976. The molecule has 0 radical (unpaired) electrons. The maximum absolute atomic E-state index is 10.7. The SMILES string of the molecule is COC1CN(S(=O)(=O)[O-])C1=O.[K+]. The number of hydrogen-bond acceptors (Lipinski definition) is 5. The summed E-state index contributed by atoms with van der Waals surface area (Å²) in [5.74, 6) is -0.789. The van der Waals surface area contributed by atoms with Crippen LogP contribution in [0.3, 0.4) is 0 Å². The summed E-state index contributed by atoms with van der Waals surface area (Å²) >= 11 is 0. The Morgan fingerprint density at radius 3 is 2.42 bits per heavy atom. The molecule has 1 aliphatic heterocycles. The summed E-state index contributed by atoms with van der Waals surface area (Å²) in [5.41, 5.74) is 0. The summed E-state index contributed by atoms with van der Waals surface area (Å²) < 4.78 is 35.3. The van der Waals surface area contributed by atoms with Crippen molar-refractivity contribution in [3.05, 3.63) is 0 Å². The average Bonchev–Trinajstić information content (AvgIpc) is 1.83. The predicted molar refractivity (Wildman–Crippen MR) is 32.2 cm³/mol. The third-order valence-corrected chi connectivity index (χ3v) is 2.28. The standard InChI is InChI=1S/C4H7NO5S.K/c1-10-3-2-5(4(3)6)11(7,8)9;/h3H,2H2,1H3,(H,7,8,9);/q;+1/p-1. The second-order valence-corrected chi connectivity index (χ2v) is 3.35. The zero-order valence-electron chi connectivity index (χ0n) is 6.68. The summed E-state index contributed by atoms with van der Waals surface area (Å²) in [7, 11) is -3.33. The van der Waals surface area contributed by atoms with Crippen molar-refractivity contribution in [2.24, 2.45) is 0 Å². The van der Waals surface area contributed by atoms with E-state index in [1.54, 1.807) is 0 Å². The van der Waals surface area contributed by atoms with Crippen molar-refractivity contribution < 1.29 is 73.9 Å². The van der Waals surface area contributed by atoms with Crippen LogP contribution in [0.15, 0.2) is 0 Å². The number of ether oxygens (including phenoxy) is 1. The fourth-order valence-corrected chi connectivity index (χ4v) is 1.40. The molecule has 64 valence electrons. The summed E-state index contributed by atoms with van der Waals surface area (Å²) in [6, 6.07) is 0. The van der Waals surface area contributed by atoms with Crippen molar-refractivity contribution in [3.8, 4) is 0 Å². The number of hydrogen-bond donors (Lipinski definition) is 0. The van der Waals surface area contributed by atoms with Crippen molar-refractivity contribution in [2.75, 3.05) is 13.7 Å². The minimum absolute atomic E-state index is 0. The van der Waals surface area contributed by atoms with Crippen molar-refractivity contribution in [2.45, 2.75) is 6.10 Å². The van der Waals surface area contributed by atoms with Gasteiger partial charge in [0.25, 0.3) is 5.91 Å². The summed E-state index contributed by atoms with van der Waals surface area (Å²) in [5, 5.41) is 0. The number of carbonyl (C=O) groups excluding carboxylic acids is 1. The van der Waals surface area contributed by atoms with E-state index in [0.717, 1.165) is 0 Å². The van der Waals surface area contributed by atoms with Gasteiger partial charge in [-0.3, -0.25) is 4.79 Å². The van der Waals surface area contributed by atoms with Crippen LogP contribution in [0.4, 0.5) is 0 Å². The van der Waals surface area contributed by atoms with Crippen LogP contribution in [0.25, 0.3) is 0 Å². The van der Waals surface area contributed by atoms with E-state index < -0.39 is 22.3 Å². The largest absolute Gasteiger partial charge is 1.00 e. The van der Waals surface area contributed by atoms with Crippen molar-refractivity contribution in [3.63, 3.8) is 0 Å². The molecule has 8 heteroatoms. The summed E-state index contributed by atoms with van der Waals surface area (Å²) in [6.45, 7) is -0.166. The third-order valence-electron chi connectivity index (χ3n) is 1.41. The van der Waals surface area contributed by atoms with Crippen LogP contribution >= 0.6 is 0 Å². The smallest absolute Gasteiger partial charge is 0.731 e. The topological polar surface area (TPSA) is 86.7 Å². The first-order chi connectivity index (χ1) is 4.96. The Kier molecular flexibility index (Phi) is 4.83. The number of rotatable bonds is 2. The second kappa shape index (κ2) is 4.47. The van der Waals surface area contributed by atoms with Gasteiger partial charge in [-0.15, -0.1) is 0 Å². The van der Waals surface area contributed by atoms with Gasteiger partial charge in [-0.1, -0.05) is 0 Å². The molecule has 0 aromatic carbocycles. The maximum atomic E-state index is 10.7. The van der Waals surface area contributed by atoms with E-state index in [1.165, 1.54) is 7.11 Å². The van der Waals surface area contributed by atoms with Crippen LogP contribution < -0.4 is 51.4 Å². The molecule has 0 bridgehead atoms. The Bertz CT molecular complexity index is 275. The van der Waals surface area contributed by atoms with Crippen LogP contribution in [0, 0.1) is 0 Å². The first-order valence-electron chi connectivity index (χ1n) is 2.77. The fourth-order valence-electron chi connectivity index (χ4n) is 0.744. The van der Waals surface area contributed by atoms with Crippen LogP contribution in [0.5, 0.6) is 0 Å². The Balaban J connectivity index is 0.00000121. The molecule has 1 aliphatic rings. The van der Waals surface area contributed by atoms with Gasteiger partial charge < -0.3 is 9.29 Å². The molecule has 1 heterocycles. The molecular weight excluding hydrogens is 213 g/mol. The number of nitrogens with zero attached hydrogens (tertiary/aromatic N) is 1. The molecule has 1 saturated heterocycles. The molecule has 1 rings (SSSR count). The van der Waals surface area contributed by atoms with E-state index >= 15 is 0 Å². The van der Waals surface area contributed by atoms with Gasteiger partial charge in [0.05, 0.1) is 6.54 Å². The summed E-state index contributed by atoms with van der Waals surface area (Å²) in [6.07, 6.45) is -0.765. The first kappa shape index (κ1) is 13.0. The number of carbonyl (C=O) groups is 1. The Labute approximate surface area is 113 Å². The molecule has 0 N–H and O–H groups in total. The van der Waals surface area contributed by atoms with Gasteiger partial charge in [-0.2, -0.15) is 0 Å². The molecule has 0 spiro atoms. The van der Waals surface area contributed by atoms with E-state index in [0.29, 0.717) is 0 Å². The zero-order chi connectivity index (χ0) is 8.65. The first-order valence-corrected chi connectivity index (χ1v) is 4.13. The van der Waals surface area contributed by atoms with Gasteiger partial charge in [-0.25, -0.2) is 12.7 Å². The quantitative estimate of drug-likeness (QED) is 0.265. The molecule has 0 aliphatic carbocycles. The van der Waals surface area contributed by atoms with E-state index in [-0.39, 0.29) is 62.2 Å². The Morgan fingerprint density at radius 2 is 2.17 bits per heavy atom. The number of methoxy groups -OCH3 is 1. The average molecular weight is 219 g/mol. The van der Waals surface area contributed by atoms with Gasteiger partial charge in [0.1, 0.15) is 0 Å². The van der Waals surface area contributed by atoms with Gasteiger partial charge >= 0.3 is 51.4 Å². The maximum Gasteiger partial charge on any atom is 1.00 e. The van der Waals surface area contributed by atoms with Crippen molar-refractivity contribution in [1.82, 2.24) is 4.31 Å². The van der Waals surface area contributed by atoms with Crippen molar-refractivity contribution >= 4 is 16.2 Å². The molecule has 0 aromatic heterocycles. The monoisotopic (exact) mass is 219 g/mol. The van der Waals surface area contributed by atoms with E-state index in [2.05, 4.69) is 4.74 Å². The van der Waals surface area contributed by atoms with Gasteiger partial charge in [0, 0.05) is 7.11 Å². The molecule has 0 saturated carbocycles. The van der Waals surface area contributed by atoms with Gasteiger partial charge in [0.15, 0.2) is 16.4 Å². The predicted octanol–water partition coefficient (Wildman–Crippen LogP) is -4.69. The van der Waals surface area contributed by atoms with Crippen LogP contribution in [0.2, 0.25) is 0 Å². The van der Waals surface area contributed by atoms with E-state index in [9.17, 15) is 17.8 Å². The molecule has 0 aromatic rings.